The maximum atomic E-state index is 12.3. The molecule has 1 N–H and O–H groups in total. The summed E-state index contributed by atoms with van der Waals surface area (Å²) in [7, 11) is 0. The van der Waals surface area contributed by atoms with Gasteiger partial charge in [-0.1, -0.05) is 53.8 Å². The second-order valence-electron chi connectivity index (χ2n) is 5.13. The number of para-hydroxylation sites is 1. The summed E-state index contributed by atoms with van der Waals surface area (Å²) in [6.07, 6.45) is 0.565. The van der Waals surface area contributed by atoms with Crippen molar-refractivity contribution in [3.8, 4) is 0 Å². The quantitative estimate of drug-likeness (QED) is 0.698. The van der Waals surface area contributed by atoms with Crippen LogP contribution in [0.1, 0.15) is 12.5 Å². The lowest BCUT2D eigenvalue weighted by Gasteiger charge is -2.16. The Morgan fingerprint density at radius 2 is 1.91 bits per heavy atom. The summed E-state index contributed by atoms with van der Waals surface area (Å²) in [5.41, 5.74) is 2.02. The minimum atomic E-state index is -0.446. The van der Waals surface area contributed by atoms with Gasteiger partial charge in [-0.3, -0.25) is 0 Å². The number of benzene rings is 2. The molecule has 0 amide bonds. The molecule has 0 aliphatic heterocycles. The molecule has 3 rings (SSSR count). The van der Waals surface area contributed by atoms with Crippen LogP contribution in [0.15, 0.2) is 54.6 Å². The fraction of sp³-hybridized carbons (Fsp3) is 0.222. The third-order valence-corrected chi connectivity index (χ3v) is 4.41. The van der Waals surface area contributed by atoms with E-state index in [1.807, 2.05) is 61.5 Å². The molecule has 0 saturated carbocycles. The van der Waals surface area contributed by atoms with Crippen LogP contribution in [0.25, 0.3) is 10.2 Å². The standard InChI is InChI=1S/C18H18N2O2S/c1-2-22-17(21)15(12-13-8-4-3-5-9-13)20-18-19-14-10-6-7-11-16(14)23-18/h3-11,15H,2,12H2,1H3,(H,19,20)/t15-/m1/s1. The number of carbonyl (C=O) groups is 1. The lowest BCUT2D eigenvalue weighted by atomic mass is 10.1. The Hall–Kier alpha value is -2.40. The smallest absolute Gasteiger partial charge is 0.328 e. The van der Waals surface area contributed by atoms with Crippen LogP contribution < -0.4 is 5.32 Å². The number of ether oxygens (including phenoxy) is 1. The van der Waals surface area contributed by atoms with E-state index < -0.39 is 6.04 Å². The van der Waals surface area contributed by atoms with Crippen molar-refractivity contribution in [3.63, 3.8) is 0 Å². The molecular weight excluding hydrogens is 308 g/mol. The molecule has 0 spiro atoms. The first-order chi connectivity index (χ1) is 11.3. The van der Waals surface area contributed by atoms with Crippen molar-refractivity contribution in [2.24, 2.45) is 0 Å². The molecule has 3 aromatic rings. The van der Waals surface area contributed by atoms with Crippen LogP contribution in [0.3, 0.4) is 0 Å². The van der Waals surface area contributed by atoms with Crippen LogP contribution in [0.2, 0.25) is 0 Å². The number of thiazole rings is 1. The van der Waals surface area contributed by atoms with Gasteiger partial charge in [0.15, 0.2) is 5.13 Å². The average molecular weight is 326 g/mol. The van der Waals surface area contributed by atoms with Gasteiger partial charge in [0.2, 0.25) is 0 Å². The Morgan fingerprint density at radius 3 is 2.65 bits per heavy atom. The molecule has 1 atom stereocenters. The van der Waals surface area contributed by atoms with Crippen molar-refractivity contribution >= 4 is 32.7 Å². The van der Waals surface area contributed by atoms with E-state index >= 15 is 0 Å². The van der Waals surface area contributed by atoms with Gasteiger partial charge >= 0.3 is 5.97 Å². The lowest BCUT2D eigenvalue weighted by Crippen LogP contribution is -2.33. The molecular formula is C18H18N2O2S. The minimum Gasteiger partial charge on any atom is -0.464 e. The van der Waals surface area contributed by atoms with Gasteiger partial charge in [-0.15, -0.1) is 0 Å². The number of aromatic nitrogens is 1. The second-order valence-corrected chi connectivity index (χ2v) is 6.16. The third kappa shape index (κ3) is 3.87. The highest BCUT2D eigenvalue weighted by Crippen LogP contribution is 2.26. The van der Waals surface area contributed by atoms with Gasteiger partial charge in [-0.2, -0.15) is 0 Å². The molecule has 0 fully saturated rings. The molecule has 0 aliphatic rings. The van der Waals surface area contributed by atoms with Crippen LogP contribution in [0.5, 0.6) is 0 Å². The number of nitrogens with zero attached hydrogens (tertiary/aromatic N) is 1. The first-order valence-corrected chi connectivity index (χ1v) is 8.40. The largest absolute Gasteiger partial charge is 0.464 e. The Balaban J connectivity index is 1.81. The maximum absolute atomic E-state index is 12.3. The summed E-state index contributed by atoms with van der Waals surface area (Å²) in [4.78, 5) is 16.8. The molecule has 0 unspecified atom stereocenters. The molecule has 4 nitrogen and oxygen atoms in total. The topological polar surface area (TPSA) is 51.2 Å². The molecule has 2 aromatic carbocycles. The van der Waals surface area contributed by atoms with Crippen LogP contribution in [0, 0.1) is 0 Å². The molecule has 0 radical (unpaired) electrons. The predicted octanol–water partition coefficient (Wildman–Crippen LogP) is 3.88. The van der Waals surface area contributed by atoms with Crippen molar-refractivity contribution in [1.82, 2.24) is 4.98 Å². The number of hydrogen-bond donors (Lipinski definition) is 1. The summed E-state index contributed by atoms with van der Waals surface area (Å²) >= 11 is 1.54. The highest BCUT2D eigenvalue weighted by molar-refractivity contribution is 7.22. The predicted molar refractivity (Wildman–Crippen MR) is 93.8 cm³/mol. The number of nitrogens with one attached hydrogen (secondary N) is 1. The summed E-state index contributed by atoms with van der Waals surface area (Å²) in [6, 6.07) is 17.4. The fourth-order valence-electron chi connectivity index (χ4n) is 2.37. The normalized spacial score (nSPS) is 12.0. The van der Waals surface area contributed by atoms with Crippen LogP contribution in [-0.2, 0) is 16.0 Å². The number of hydrogen-bond acceptors (Lipinski definition) is 5. The zero-order valence-electron chi connectivity index (χ0n) is 12.9. The highest BCUT2D eigenvalue weighted by atomic mass is 32.1. The van der Waals surface area contributed by atoms with Gasteiger partial charge in [0, 0.05) is 6.42 Å². The van der Waals surface area contributed by atoms with E-state index in [1.165, 1.54) is 0 Å². The van der Waals surface area contributed by atoms with Gasteiger partial charge in [-0.05, 0) is 24.6 Å². The summed E-state index contributed by atoms with van der Waals surface area (Å²) in [5, 5.41) is 3.97. The number of esters is 1. The number of carbonyl (C=O) groups excluding carboxylic acids is 1. The molecule has 23 heavy (non-hydrogen) atoms. The second kappa shape index (κ2) is 7.24. The van der Waals surface area contributed by atoms with Crippen molar-refractivity contribution in [2.45, 2.75) is 19.4 Å². The van der Waals surface area contributed by atoms with E-state index in [0.29, 0.717) is 13.0 Å². The van der Waals surface area contributed by atoms with Gasteiger partial charge in [-0.25, -0.2) is 9.78 Å². The van der Waals surface area contributed by atoms with Crippen molar-refractivity contribution in [1.29, 1.82) is 0 Å². The number of rotatable bonds is 6. The summed E-state index contributed by atoms with van der Waals surface area (Å²) in [6.45, 7) is 2.18. The van der Waals surface area contributed by atoms with E-state index in [9.17, 15) is 4.79 Å². The third-order valence-electron chi connectivity index (χ3n) is 3.45. The SMILES string of the molecule is CCOC(=O)[C@@H](Cc1ccccc1)Nc1nc2ccccc2s1. The fourth-order valence-corrected chi connectivity index (χ4v) is 3.29. The monoisotopic (exact) mass is 326 g/mol. The zero-order chi connectivity index (χ0) is 16.1. The van der Waals surface area contributed by atoms with Gasteiger partial charge in [0.25, 0.3) is 0 Å². The van der Waals surface area contributed by atoms with E-state index in [0.717, 1.165) is 20.9 Å². The van der Waals surface area contributed by atoms with Crippen molar-refractivity contribution in [2.75, 3.05) is 11.9 Å². The molecule has 1 heterocycles. The Bertz CT molecular complexity index is 753. The Kier molecular flexibility index (Phi) is 4.88. The Morgan fingerprint density at radius 1 is 1.17 bits per heavy atom. The summed E-state index contributed by atoms with van der Waals surface area (Å²) < 4.78 is 6.29. The van der Waals surface area contributed by atoms with E-state index in [1.54, 1.807) is 11.3 Å². The highest BCUT2D eigenvalue weighted by Gasteiger charge is 2.21. The number of fused-ring (bicyclic) bond motifs is 1. The van der Waals surface area contributed by atoms with Crippen LogP contribution >= 0.6 is 11.3 Å². The molecule has 0 aliphatic carbocycles. The van der Waals surface area contributed by atoms with E-state index in [-0.39, 0.29) is 5.97 Å². The molecule has 0 saturated heterocycles. The van der Waals surface area contributed by atoms with Gasteiger partial charge in [0.1, 0.15) is 6.04 Å². The van der Waals surface area contributed by atoms with Crippen LogP contribution in [0.4, 0.5) is 5.13 Å². The molecule has 0 bridgehead atoms. The van der Waals surface area contributed by atoms with E-state index in [2.05, 4.69) is 10.3 Å². The minimum absolute atomic E-state index is 0.254. The average Bonchev–Trinajstić information content (AvgIpc) is 2.98. The maximum Gasteiger partial charge on any atom is 0.328 e. The van der Waals surface area contributed by atoms with Gasteiger partial charge in [0.05, 0.1) is 16.8 Å². The first-order valence-electron chi connectivity index (χ1n) is 7.59. The van der Waals surface area contributed by atoms with Crippen molar-refractivity contribution in [3.05, 3.63) is 60.2 Å². The molecule has 5 heteroatoms. The summed E-state index contributed by atoms with van der Waals surface area (Å²) in [5.74, 6) is -0.254. The first kappa shape index (κ1) is 15.5. The van der Waals surface area contributed by atoms with Gasteiger partial charge < -0.3 is 10.1 Å². The van der Waals surface area contributed by atoms with Crippen LogP contribution in [-0.4, -0.2) is 23.6 Å². The van der Waals surface area contributed by atoms with Crippen molar-refractivity contribution < 1.29 is 9.53 Å². The van der Waals surface area contributed by atoms with E-state index in [4.69, 9.17) is 4.74 Å². The zero-order valence-corrected chi connectivity index (χ0v) is 13.7. The Labute approximate surface area is 139 Å². The lowest BCUT2D eigenvalue weighted by molar-refractivity contribution is -0.144. The molecule has 118 valence electrons. The molecule has 1 aromatic heterocycles. The number of anilines is 1.